The zero-order valence-electron chi connectivity index (χ0n) is 12.2. The summed E-state index contributed by atoms with van der Waals surface area (Å²) in [5.41, 5.74) is 2.17. The summed E-state index contributed by atoms with van der Waals surface area (Å²) >= 11 is 7.67. The molecule has 1 heterocycles. The normalized spacial score (nSPS) is 10.1. The molecular weight excluding hydrogens is 322 g/mol. The minimum absolute atomic E-state index is 0.200. The van der Waals surface area contributed by atoms with E-state index in [0.29, 0.717) is 22.9 Å². The minimum Gasteiger partial charge on any atom is -0.325 e. The molecule has 116 valence electrons. The second-order valence-electron chi connectivity index (χ2n) is 4.79. The van der Waals surface area contributed by atoms with Gasteiger partial charge in [0.1, 0.15) is 0 Å². The number of hydrogen-bond acceptors (Lipinski definition) is 3. The lowest BCUT2D eigenvalue weighted by atomic mass is 10.2. The maximum atomic E-state index is 12.1. The van der Waals surface area contributed by atoms with Gasteiger partial charge in [-0.25, -0.2) is 4.79 Å². The van der Waals surface area contributed by atoms with E-state index >= 15 is 0 Å². The lowest BCUT2D eigenvalue weighted by Crippen LogP contribution is -2.30. The molecule has 0 spiro atoms. The van der Waals surface area contributed by atoms with Gasteiger partial charge in [0.25, 0.3) is 0 Å². The highest BCUT2D eigenvalue weighted by atomic mass is 35.5. The SMILES string of the molecule is CC(=O)Nc1ccc(NC(=O)N(C)Cc2ccsc2)cc1Cl. The third kappa shape index (κ3) is 4.47. The van der Waals surface area contributed by atoms with Gasteiger partial charge in [-0.2, -0.15) is 11.3 Å². The Labute approximate surface area is 137 Å². The third-order valence-electron chi connectivity index (χ3n) is 2.88. The summed E-state index contributed by atoms with van der Waals surface area (Å²) in [4.78, 5) is 24.7. The number of amides is 3. The Hall–Kier alpha value is -2.05. The predicted molar refractivity (Wildman–Crippen MR) is 90.6 cm³/mol. The van der Waals surface area contributed by atoms with Crippen LogP contribution < -0.4 is 10.6 Å². The molecule has 2 aromatic rings. The van der Waals surface area contributed by atoms with Gasteiger partial charge in [-0.15, -0.1) is 0 Å². The molecule has 3 amide bonds. The second-order valence-corrected chi connectivity index (χ2v) is 5.98. The first-order valence-electron chi connectivity index (χ1n) is 6.56. The number of nitrogens with zero attached hydrogens (tertiary/aromatic N) is 1. The first kappa shape index (κ1) is 16.3. The Kier molecular flexibility index (Phi) is 5.41. The standard InChI is InChI=1S/C15H16ClN3O2S/c1-10(20)17-14-4-3-12(7-13(14)16)18-15(21)19(2)8-11-5-6-22-9-11/h3-7,9H,8H2,1-2H3,(H,17,20)(H,18,21). The average Bonchev–Trinajstić information content (AvgIpc) is 2.94. The lowest BCUT2D eigenvalue weighted by Gasteiger charge is -2.17. The first-order valence-corrected chi connectivity index (χ1v) is 7.88. The number of urea groups is 1. The van der Waals surface area contributed by atoms with E-state index < -0.39 is 0 Å². The Morgan fingerprint density at radius 3 is 2.64 bits per heavy atom. The zero-order valence-corrected chi connectivity index (χ0v) is 13.8. The molecule has 0 radical (unpaired) electrons. The van der Waals surface area contributed by atoms with Gasteiger partial charge >= 0.3 is 6.03 Å². The van der Waals surface area contributed by atoms with Gasteiger partial charge in [0, 0.05) is 26.2 Å². The molecule has 0 aliphatic carbocycles. The van der Waals surface area contributed by atoms with Crippen LogP contribution in [0.15, 0.2) is 35.0 Å². The van der Waals surface area contributed by atoms with Crippen molar-refractivity contribution in [1.29, 1.82) is 0 Å². The van der Waals surface area contributed by atoms with Crippen molar-refractivity contribution in [3.63, 3.8) is 0 Å². The fourth-order valence-electron chi connectivity index (χ4n) is 1.83. The molecule has 0 saturated carbocycles. The molecule has 2 N–H and O–H groups in total. The number of rotatable bonds is 4. The van der Waals surface area contributed by atoms with E-state index in [1.807, 2.05) is 16.8 Å². The van der Waals surface area contributed by atoms with Crippen molar-refractivity contribution >= 4 is 46.3 Å². The summed E-state index contributed by atoms with van der Waals surface area (Å²) in [6, 6.07) is 6.69. The molecule has 1 aromatic heterocycles. The average molecular weight is 338 g/mol. The van der Waals surface area contributed by atoms with Crippen molar-refractivity contribution in [3.8, 4) is 0 Å². The Balaban J connectivity index is 1.99. The third-order valence-corrected chi connectivity index (χ3v) is 3.92. The smallest absolute Gasteiger partial charge is 0.321 e. The number of carbonyl (C=O) groups is 2. The first-order chi connectivity index (χ1) is 10.5. The van der Waals surface area contributed by atoms with Crippen LogP contribution in [0.2, 0.25) is 5.02 Å². The van der Waals surface area contributed by atoms with Gasteiger partial charge in [0.05, 0.1) is 10.7 Å². The molecule has 2 rings (SSSR count). The van der Waals surface area contributed by atoms with E-state index in [1.165, 1.54) is 6.92 Å². The van der Waals surface area contributed by atoms with Crippen LogP contribution in [0.1, 0.15) is 12.5 Å². The maximum Gasteiger partial charge on any atom is 0.321 e. The van der Waals surface area contributed by atoms with Crippen molar-refractivity contribution < 1.29 is 9.59 Å². The Morgan fingerprint density at radius 2 is 2.05 bits per heavy atom. The summed E-state index contributed by atoms with van der Waals surface area (Å²) in [7, 11) is 1.72. The fraction of sp³-hybridized carbons (Fsp3) is 0.200. The van der Waals surface area contributed by atoms with Crippen LogP contribution in [0.5, 0.6) is 0 Å². The van der Waals surface area contributed by atoms with Gasteiger partial charge in [-0.05, 0) is 40.6 Å². The number of nitrogens with one attached hydrogen (secondary N) is 2. The number of carbonyl (C=O) groups excluding carboxylic acids is 2. The number of halogens is 1. The van der Waals surface area contributed by atoms with Gasteiger partial charge in [-0.1, -0.05) is 11.6 Å². The number of anilines is 2. The molecule has 0 aliphatic heterocycles. The summed E-state index contributed by atoms with van der Waals surface area (Å²) in [6.45, 7) is 1.94. The molecule has 0 fully saturated rings. The van der Waals surface area contributed by atoms with Crippen molar-refractivity contribution in [1.82, 2.24) is 4.90 Å². The molecule has 0 unspecified atom stereocenters. The van der Waals surface area contributed by atoms with Crippen molar-refractivity contribution in [3.05, 3.63) is 45.6 Å². The summed E-state index contributed by atoms with van der Waals surface area (Å²) < 4.78 is 0. The van der Waals surface area contributed by atoms with E-state index in [4.69, 9.17) is 11.6 Å². The molecule has 0 aliphatic rings. The van der Waals surface area contributed by atoms with E-state index in [2.05, 4.69) is 10.6 Å². The number of hydrogen-bond donors (Lipinski definition) is 2. The van der Waals surface area contributed by atoms with Gasteiger partial charge < -0.3 is 15.5 Å². The fourth-order valence-corrected chi connectivity index (χ4v) is 2.72. The second kappa shape index (κ2) is 7.29. The van der Waals surface area contributed by atoms with Gasteiger partial charge in [0.2, 0.25) is 5.91 Å². The van der Waals surface area contributed by atoms with E-state index in [1.54, 1.807) is 41.5 Å². The highest BCUT2D eigenvalue weighted by Crippen LogP contribution is 2.25. The van der Waals surface area contributed by atoms with Gasteiger partial charge in [0.15, 0.2) is 0 Å². The predicted octanol–water partition coefficient (Wildman–Crippen LogP) is 4.02. The number of benzene rings is 1. The lowest BCUT2D eigenvalue weighted by molar-refractivity contribution is -0.114. The quantitative estimate of drug-likeness (QED) is 0.885. The highest BCUT2D eigenvalue weighted by Gasteiger charge is 2.11. The maximum absolute atomic E-state index is 12.1. The minimum atomic E-state index is -0.227. The van der Waals surface area contributed by atoms with E-state index in [0.717, 1.165) is 5.56 Å². The molecule has 0 atom stereocenters. The summed E-state index contributed by atoms with van der Waals surface area (Å²) in [5, 5.41) is 9.73. The van der Waals surface area contributed by atoms with Crippen molar-refractivity contribution in [2.75, 3.05) is 17.7 Å². The summed E-state index contributed by atoms with van der Waals surface area (Å²) in [5.74, 6) is -0.200. The largest absolute Gasteiger partial charge is 0.325 e. The molecule has 0 bridgehead atoms. The van der Waals surface area contributed by atoms with Crippen LogP contribution in [0.4, 0.5) is 16.2 Å². The van der Waals surface area contributed by atoms with Crippen LogP contribution in [0.3, 0.4) is 0 Å². The van der Waals surface area contributed by atoms with Gasteiger partial charge in [-0.3, -0.25) is 4.79 Å². The molecule has 5 nitrogen and oxygen atoms in total. The van der Waals surface area contributed by atoms with Crippen molar-refractivity contribution in [2.24, 2.45) is 0 Å². The molecule has 1 aromatic carbocycles. The monoisotopic (exact) mass is 337 g/mol. The van der Waals surface area contributed by atoms with E-state index in [9.17, 15) is 9.59 Å². The van der Waals surface area contributed by atoms with E-state index in [-0.39, 0.29) is 11.9 Å². The van der Waals surface area contributed by atoms with Crippen LogP contribution in [0.25, 0.3) is 0 Å². The molecular formula is C15H16ClN3O2S. The molecule has 22 heavy (non-hydrogen) atoms. The zero-order chi connectivity index (χ0) is 16.1. The van der Waals surface area contributed by atoms with Crippen LogP contribution in [0, 0.1) is 0 Å². The highest BCUT2D eigenvalue weighted by molar-refractivity contribution is 7.07. The van der Waals surface area contributed by atoms with Crippen molar-refractivity contribution in [2.45, 2.75) is 13.5 Å². The molecule has 0 saturated heterocycles. The Morgan fingerprint density at radius 1 is 1.27 bits per heavy atom. The van der Waals surface area contributed by atoms with Crippen LogP contribution >= 0.6 is 22.9 Å². The summed E-state index contributed by atoms with van der Waals surface area (Å²) in [6.07, 6.45) is 0. The van der Waals surface area contributed by atoms with Crippen LogP contribution in [-0.4, -0.2) is 23.9 Å². The Bertz CT molecular complexity index is 673. The topological polar surface area (TPSA) is 61.4 Å². The van der Waals surface area contributed by atoms with Crippen LogP contribution in [-0.2, 0) is 11.3 Å². The number of thiophene rings is 1. The molecule has 7 heteroatoms.